The van der Waals surface area contributed by atoms with Crippen molar-refractivity contribution in [2.45, 2.75) is 10.9 Å². The maximum absolute atomic E-state index is 12.3. The van der Waals surface area contributed by atoms with Crippen LogP contribution in [0.15, 0.2) is 64.5 Å². The van der Waals surface area contributed by atoms with Gasteiger partial charge in [-0.05, 0) is 17.7 Å². The van der Waals surface area contributed by atoms with Gasteiger partial charge >= 0.3 is 0 Å². The lowest BCUT2D eigenvalue weighted by molar-refractivity contribution is 0.415. The first-order valence-electron chi connectivity index (χ1n) is 7.57. The van der Waals surface area contributed by atoms with Gasteiger partial charge in [0.1, 0.15) is 17.4 Å². The SMILES string of the molecule is COc1cccc(-c2nc(SCc3ccccc3)[nH]c(=O)c2C#N)c1. The maximum Gasteiger partial charge on any atom is 0.270 e. The molecule has 1 heterocycles. The molecule has 0 radical (unpaired) electrons. The van der Waals surface area contributed by atoms with Crippen LogP contribution in [0.25, 0.3) is 11.3 Å². The van der Waals surface area contributed by atoms with Gasteiger partial charge in [-0.25, -0.2) is 4.98 Å². The van der Waals surface area contributed by atoms with Crippen LogP contribution in [-0.2, 0) is 5.75 Å². The van der Waals surface area contributed by atoms with Crippen molar-refractivity contribution in [1.29, 1.82) is 5.26 Å². The van der Waals surface area contributed by atoms with Crippen LogP contribution in [0.5, 0.6) is 5.75 Å². The standard InChI is InChI=1S/C19H15N3O2S/c1-24-15-9-5-8-14(10-15)17-16(11-20)18(23)22-19(21-17)25-12-13-6-3-2-4-7-13/h2-10H,12H2,1H3,(H,21,22,23). The molecule has 0 fully saturated rings. The van der Waals surface area contributed by atoms with Crippen LogP contribution >= 0.6 is 11.8 Å². The lowest BCUT2D eigenvalue weighted by Crippen LogP contribution is -2.14. The molecule has 1 aromatic heterocycles. The molecule has 6 heteroatoms. The van der Waals surface area contributed by atoms with E-state index in [0.717, 1.165) is 5.56 Å². The van der Waals surface area contributed by atoms with E-state index in [1.165, 1.54) is 11.8 Å². The largest absolute Gasteiger partial charge is 0.497 e. The van der Waals surface area contributed by atoms with Crippen molar-refractivity contribution >= 4 is 11.8 Å². The lowest BCUT2D eigenvalue weighted by atomic mass is 10.1. The van der Waals surface area contributed by atoms with Gasteiger partial charge in [-0.1, -0.05) is 54.2 Å². The summed E-state index contributed by atoms with van der Waals surface area (Å²) >= 11 is 1.42. The first-order valence-corrected chi connectivity index (χ1v) is 8.55. The van der Waals surface area contributed by atoms with Crippen molar-refractivity contribution in [2.24, 2.45) is 0 Å². The number of benzene rings is 2. The molecular formula is C19H15N3O2S. The Labute approximate surface area is 149 Å². The highest BCUT2D eigenvalue weighted by Crippen LogP contribution is 2.26. The van der Waals surface area contributed by atoms with E-state index >= 15 is 0 Å². The highest BCUT2D eigenvalue weighted by molar-refractivity contribution is 7.98. The Bertz CT molecular complexity index is 978. The molecule has 3 rings (SSSR count). The van der Waals surface area contributed by atoms with Crippen molar-refractivity contribution in [3.63, 3.8) is 0 Å². The molecule has 0 unspecified atom stereocenters. The number of hydrogen-bond donors (Lipinski definition) is 1. The second-order valence-corrected chi connectivity index (χ2v) is 6.18. The molecule has 2 aromatic carbocycles. The normalized spacial score (nSPS) is 10.2. The monoisotopic (exact) mass is 349 g/mol. The van der Waals surface area contributed by atoms with Crippen molar-refractivity contribution in [1.82, 2.24) is 9.97 Å². The van der Waals surface area contributed by atoms with Crippen molar-refractivity contribution in [2.75, 3.05) is 7.11 Å². The van der Waals surface area contributed by atoms with Crippen molar-refractivity contribution < 1.29 is 4.74 Å². The summed E-state index contributed by atoms with van der Waals surface area (Å²) in [6.07, 6.45) is 0. The maximum atomic E-state index is 12.3. The number of nitrogens with zero attached hydrogens (tertiary/aromatic N) is 2. The van der Waals surface area contributed by atoms with Crippen LogP contribution in [-0.4, -0.2) is 17.1 Å². The minimum atomic E-state index is -0.439. The van der Waals surface area contributed by atoms with E-state index in [9.17, 15) is 10.1 Å². The number of nitriles is 1. The molecule has 25 heavy (non-hydrogen) atoms. The van der Waals surface area contributed by atoms with Crippen LogP contribution in [0, 0.1) is 11.3 Å². The molecule has 0 aliphatic heterocycles. The van der Waals surface area contributed by atoms with Crippen LogP contribution in [0.1, 0.15) is 11.1 Å². The summed E-state index contributed by atoms with van der Waals surface area (Å²) in [5.41, 5.74) is 1.72. The predicted octanol–water partition coefficient (Wildman–Crippen LogP) is 3.61. The van der Waals surface area contributed by atoms with Crippen molar-refractivity contribution in [3.8, 4) is 23.1 Å². The van der Waals surface area contributed by atoms with Gasteiger partial charge in [0.25, 0.3) is 5.56 Å². The van der Waals surface area contributed by atoms with E-state index in [4.69, 9.17) is 4.74 Å². The fourth-order valence-electron chi connectivity index (χ4n) is 2.33. The number of methoxy groups -OCH3 is 1. The van der Waals surface area contributed by atoms with Crippen LogP contribution in [0.2, 0.25) is 0 Å². The van der Waals surface area contributed by atoms with E-state index < -0.39 is 5.56 Å². The van der Waals surface area contributed by atoms with Gasteiger partial charge in [0, 0.05) is 11.3 Å². The number of H-pyrrole nitrogens is 1. The smallest absolute Gasteiger partial charge is 0.270 e. The zero-order chi connectivity index (χ0) is 17.6. The summed E-state index contributed by atoms with van der Waals surface area (Å²) in [5.74, 6) is 1.31. The van der Waals surface area contributed by atoms with Crippen LogP contribution < -0.4 is 10.3 Å². The minimum absolute atomic E-state index is 0.00249. The molecule has 0 aliphatic carbocycles. The number of rotatable bonds is 5. The summed E-state index contributed by atoms with van der Waals surface area (Å²) < 4.78 is 5.21. The molecule has 0 spiro atoms. The Morgan fingerprint density at radius 2 is 2.00 bits per heavy atom. The number of hydrogen-bond acceptors (Lipinski definition) is 5. The third-order valence-corrected chi connectivity index (χ3v) is 4.52. The molecule has 0 atom stereocenters. The first-order chi connectivity index (χ1) is 12.2. The summed E-state index contributed by atoms with van der Waals surface area (Å²) in [7, 11) is 1.57. The molecule has 3 aromatic rings. The third-order valence-electron chi connectivity index (χ3n) is 3.57. The zero-order valence-electron chi connectivity index (χ0n) is 13.5. The number of thioether (sulfide) groups is 1. The Kier molecular flexibility index (Phi) is 5.17. The van der Waals surface area contributed by atoms with Crippen LogP contribution in [0.4, 0.5) is 0 Å². The van der Waals surface area contributed by atoms with Gasteiger partial charge in [0.2, 0.25) is 0 Å². The van der Waals surface area contributed by atoms with Gasteiger partial charge in [0.05, 0.1) is 12.8 Å². The Morgan fingerprint density at radius 1 is 1.20 bits per heavy atom. The Hall–Kier alpha value is -3.04. The number of nitrogens with one attached hydrogen (secondary N) is 1. The molecule has 1 N–H and O–H groups in total. The highest BCUT2D eigenvalue weighted by Gasteiger charge is 2.14. The summed E-state index contributed by atoms with van der Waals surface area (Å²) in [5, 5.41) is 9.82. The molecule has 5 nitrogen and oxygen atoms in total. The number of aromatic nitrogens is 2. The first kappa shape index (κ1) is 16.8. The van der Waals surface area contributed by atoms with Gasteiger partial charge in [0.15, 0.2) is 5.16 Å². The average Bonchev–Trinajstić information content (AvgIpc) is 2.66. The van der Waals surface area contributed by atoms with E-state index in [-0.39, 0.29) is 5.56 Å². The zero-order valence-corrected chi connectivity index (χ0v) is 14.3. The predicted molar refractivity (Wildman–Crippen MR) is 97.6 cm³/mol. The number of ether oxygens (including phenoxy) is 1. The molecule has 0 saturated heterocycles. The second-order valence-electron chi connectivity index (χ2n) is 5.21. The quantitative estimate of drug-likeness (QED) is 0.562. The van der Waals surface area contributed by atoms with E-state index in [2.05, 4.69) is 9.97 Å². The lowest BCUT2D eigenvalue weighted by Gasteiger charge is -2.08. The van der Waals surface area contributed by atoms with E-state index in [0.29, 0.717) is 27.9 Å². The van der Waals surface area contributed by atoms with Gasteiger partial charge < -0.3 is 9.72 Å². The van der Waals surface area contributed by atoms with Gasteiger partial charge in [-0.15, -0.1) is 0 Å². The van der Waals surface area contributed by atoms with Gasteiger partial charge in [-0.2, -0.15) is 5.26 Å². The van der Waals surface area contributed by atoms with E-state index in [1.54, 1.807) is 31.4 Å². The van der Waals surface area contributed by atoms with Crippen LogP contribution in [0.3, 0.4) is 0 Å². The Morgan fingerprint density at radius 3 is 2.72 bits per heavy atom. The second kappa shape index (κ2) is 7.69. The molecule has 0 aliphatic rings. The summed E-state index contributed by atoms with van der Waals surface area (Å²) in [6.45, 7) is 0. The Balaban J connectivity index is 1.98. The molecule has 0 amide bonds. The third kappa shape index (κ3) is 3.90. The fourth-order valence-corrected chi connectivity index (χ4v) is 3.15. The topological polar surface area (TPSA) is 78.8 Å². The fraction of sp³-hybridized carbons (Fsp3) is 0.105. The molecule has 0 saturated carbocycles. The molecule has 0 bridgehead atoms. The number of aromatic amines is 1. The molecular weight excluding hydrogens is 334 g/mol. The highest BCUT2D eigenvalue weighted by atomic mass is 32.2. The summed E-state index contributed by atoms with van der Waals surface area (Å²) in [4.78, 5) is 19.4. The minimum Gasteiger partial charge on any atom is -0.497 e. The van der Waals surface area contributed by atoms with E-state index in [1.807, 2.05) is 36.4 Å². The van der Waals surface area contributed by atoms with Gasteiger partial charge in [-0.3, -0.25) is 4.79 Å². The molecule has 124 valence electrons. The average molecular weight is 349 g/mol. The summed E-state index contributed by atoms with van der Waals surface area (Å²) in [6, 6.07) is 19.0. The van der Waals surface area contributed by atoms with Crippen molar-refractivity contribution in [3.05, 3.63) is 76.1 Å².